The van der Waals surface area contributed by atoms with Gasteiger partial charge in [0.25, 0.3) is 0 Å². The summed E-state index contributed by atoms with van der Waals surface area (Å²) in [5, 5.41) is 0.0311. The van der Waals surface area contributed by atoms with Crippen LogP contribution in [0.25, 0.3) is 0 Å². The van der Waals surface area contributed by atoms with E-state index in [0.29, 0.717) is 5.69 Å². The molecule has 1 aromatic carbocycles. The quantitative estimate of drug-likeness (QED) is 0.607. The molecule has 0 saturated heterocycles. The van der Waals surface area contributed by atoms with Crippen LogP contribution in [0.2, 0.25) is 5.02 Å². The molecule has 0 aliphatic heterocycles. The SMILES string of the molecule is CCOC(=O)CCNS(=O)(=O)c1ccc(N)cc1Cl. The molecule has 0 radical (unpaired) electrons. The predicted molar refractivity (Wildman–Crippen MR) is 72.3 cm³/mol. The average Bonchev–Trinajstić information content (AvgIpc) is 2.28. The number of esters is 1. The Morgan fingerprint density at radius 3 is 2.74 bits per heavy atom. The third kappa shape index (κ3) is 4.70. The van der Waals surface area contributed by atoms with E-state index in [2.05, 4.69) is 9.46 Å². The van der Waals surface area contributed by atoms with Crippen molar-refractivity contribution < 1.29 is 17.9 Å². The molecule has 8 heteroatoms. The van der Waals surface area contributed by atoms with Crippen LogP contribution in [0.1, 0.15) is 13.3 Å². The van der Waals surface area contributed by atoms with E-state index >= 15 is 0 Å². The molecule has 0 aliphatic carbocycles. The van der Waals surface area contributed by atoms with Crippen LogP contribution in [-0.2, 0) is 19.6 Å². The van der Waals surface area contributed by atoms with E-state index in [1.165, 1.54) is 18.2 Å². The van der Waals surface area contributed by atoms with E-state index in [4.69, 9.17) is 17.3 Å². The summed E-state index contributed by atoms with van der Waals surface area (Å²) in [5.41, 5.74) is 5.85. The standard InChI is InChI=1S/C11H15ClN2O4S/c1-2-18-11(15)5-6-14-19(16,17)10-4-3-8(13)7-9(10)12/h3-4,7,14H,2,5-6,13H2,1H3. The number of sulfonamides is 1. The first-order chi connectivity index (χ1) is 8.86. The maximum Gasteiger partial charge on any atom is 0.307 e. The minimum absolute atomic E-state index is 0.0311. The van der Waals surface area contributed by atoms with Crippen LogP contribution in [0.4, 0.5) is 5.69 Å². The van der Waals surface area contributed by atoms with Gasteiger partial charge in [-0.25, -0.2) is 13.1 Å². The molecular formula is C11H15ClN2O4S. The number of nitrogen functional groups attached to an aromatic ring is 1. The molecule has 0 fully saturated rings. The maximum atomic E-state index is 11.9. The van der Waals surface area contributed by atoms with Gasteiger partial charge in [0, 0.05) is 12.2 Å². The van der Waals surface area contributed by atoms with Gasteiger partial charge in [-0.3, -0.25) is 4.79 Å². The summed E-state index contributed by atoms with van der Waals surface area (Å²) in [6.45, 7) is 1.88. The first kappa shape index (κ1) is 15.7. The minimum Gasteiger partial charge on any atom is -0.466 e. The second-order valence-electron chi connectivity index (χ2n) is 3.64. The lowest BCUT2D eigenvalue weighted by Crippen LogP contribution is -2.27. The van der Waals surface area contributed by atoms with Crippen molar-refractivity contribution in [2.75, 3.05) is 18.9 Å². The molecule has 0 aromatic heterocycles. The highest BCUT2D eigenvalue weighted by Gasteiger charge is 2.18. The van der Waals surface area contributed by atoms with E-state index in [1.807, 2.05) is 0 Å². The highest BCUT2D eigenvalue weighted by atomic mass is 35.5. The van der Waals surface area contributed by atoms with E-state index < -0.39 is 16.0 Å². The van der Waals surface area contributed by atoms with Gasteiger partial charge in [-0.05, 0) is 25.1 Å². The van der Waals surface area contributed by atoms with Crippen LogP contribution in [0.15, 0.2) is 23.1 Å². The van der Waals surface area contributed by atoms with Crippen molar-refractivity contribution in [2.45, 2.75) is 18.2 Å². The number of ether oxygens (including phenoxy) is 1. The van der Waals surface area contributed by atoms with Crippen LogP contribution in [-0.4, -0.2) is 27.5 Å². The van der Waals surface area contributed by atoms with Gasteiger partial charge in [-0.2, -0.15) is 0 Å². The fourth-order valence-electron chi connectivity index (χ4n) is 1.33. The third-order valence-electron chi connectivity index (χ3n) is 2.17. The van der Waals surface area contributed by atoms with Crippen LogP contribution in [0.5, 0.6) is 0 Å². The number of nitrogens with two attached hydrogens (primary N) is 1. The maximum absolute atomic E-state index is 11.9. The summed E-state index contributed by atoms with van der Waals surface area (Å²) >= 11 is 5.81. The van der Waals surface area contributed by atoms with E-state index in [1.54, 1.807) is 6.92 Å². The molecule has 6 nitrogen and oxygen atoms in total. The topological polar surface area (TPSA) is 98.5 Å². The smallest absolute Gasteiger partial charge is 0.307 e. The molecule has 1 aromatic rings. The number of benzene rings is 1. The number of hydrogen-bond acceptors (Lipinski definition) is 5. The number of carbonyl (C=O) groups is 1. The van der Waals surface area contributed by atoms with Gasteiger partial charge < -0.3 is 10.5 Å². The molecule has 106 valence electrons. The summed E-state index contributed by atoms with van der Waals surface area (Å²) in [5.74, 6) is -0.464. The summed E-state index contributed by atoms with van der Waals surface area (Å²) in [6, 6.07) is 4.09. The summed E-state index contributed by atoms with van der Waals surface area (Å²) in [4.78, 5) is 11.0. The lowest BCUT2D eigenvalue weighted by molar-refractivity contribution is -0.142. The Hall–Kier alpha value is -1.31. The van der Waals surface area contributed by atoms with Gasteiger partial charge >= 0.3 is 5.97 Å². The summed E-state index contributed by atoms with van der Waals surface area (Å²) < 4.78 is 30.8. The Kier molecular flexibility index (Phi) is 5.59. The summed E-state index contributed by atoms with van der Waals surface area (Å²) in [6.07, 6.45) is -0.0420. The fraction of sp³-hybridized carbons (Fsp3) is 0.364. The number of hydrogen-bond donors (Lipinski definition) is 2. The van der Waals surface area contributed by atoms with Crippen molar-refractivity contribution in [1.29, 1.82) is 0 Å². The summed E-state index contributed by atoms with van der Waals surface area (Å²) in [7, 11) is -3.76. The van der Waals surface area contributed by atoms with Gasteiger partial charge in [-0.15, -0.1) is 0 Å². The molecule has 0 spiro atoms. The number of nitrogens with one attached hydrogen (secondary N) is 1. The molecule has 0 heterocycles. The Morgan fingerprint density at radius 1 is 1.47 bits per heavy atom. The molecular weight excluding hydrogens is 292 g/mol. The fourth-order valence-corrected chi connectivity index (χ4v) is 2.92. The van der Waals surface area contributed by atoms with Crippen molar-refractivity contribution in [2.24, 2.45) is 0 Å². The van der Waals surface area contributed by atoms with Crippen molar-refractivity contribution in [3.8, 4) is 0 Å². The zero-order chi connectivity index (χ0) is 14.5. The first-order valence-corrected chi connectivity index (χ1v) is 7.43. The minimum atomic E-state index is -3.76. The van der Waals surface area contributed by atoms with Crippen LogP contribution in [0.3, 0.4) is 0 Å². The van der Waals surface area contributed by atoms with Gasteiger partial charge in [0.2, 0.25) is 10.0 Å². The molecule has 0 atom stereocenters. The van der Waals surface area contributed by atoms with Crippen molar-refractivity contribution in [1.82, 2.24) is 4.72 Å². The van der Waals surface area contributed by atoms with Gasteiger partial charge in [-0.1, -0.05) is 11.6 Å². The second kappa shape index (κ2) is 6.74. The third-order valence-corrected chi connectivity index (χ3v) is 4.12. The highest BCUT2D eigenvalue weighted by molar-refractivity contribution is 7.89. The Balaban J connectivity index is 2.68. The van der Waals surface area contributed by atoms with Crippen LogP contribution in [0, 0.1) is 0 Å². The molecule has 0 bridgehead atoms. The second-order valence-corrected chi connectivity index (χ2v) is 5.79. The van der Waals surface area contributed by atoms with E-state index in [0.717, 1.165) is 0 Å². The Bertz CT molecular complexity index is 560. The zero-order valence-corrected chi connectivity index (χ0v) is 11.9. The van der Waals surface area contributed by atoms with Gasteiger partial charge in [0.1, 0.15) is 4.90 Å². The molecule has 0 unspecified atom stereocenters. The molecule has 19 heavy (non-hydrogen) atoms. The van der Waals surface area contributed by atoms with Crippen molar-refractivity contribution in [3.63, 3.8) is 0 Å². The highest BCUT2D eigenvalue weighted by Crippen LogP contribution is 2.23. The molecule has 1 rings (SSSR count). The normalized spacial score (nSPS) is 11.3. The number of rotatable bonds is 6. The number of carbonyl (C=O) groups excluding carboxylic acids is 1. The largest absolute Gasteiger partial charge is 0.466 e. The number of halogens is 1. The van der Waals surface area contributed by atoms with E-state index in [9.17, 15) is 13.2 Å². The number of anilines is 1. The van der Waals surface area contributed by atoms with Crippen LogP contribution >= 0.6 is 11.6 Å². The monoisotopic (exact) mass is 306 g/mol. The Morgan fingerprint density at radius 2 is 2.16 bits per heavy atom. The molecule has 3 N–H and O–H groups in total. The van der Waals surface area contributed by atoms with Gasteiger partial charge in [0.15, 0.2) is 0 Å². The van der Waals surface area contributed by atoms with E-state index in [-0.39, 0.29) is 29.5 Å². The van der Waals surface area contributed by atoms with Crippen molar-refractivity contribution >= 4 is 33.3 Å². The predicted octanol–water partition coefficient (Wildman–Crippen LogP) is 1.15. The van der Waals surface area contributed by atoms with Gasteiger partial charge in [0.05, 0.1) is 18.1 Å². The lowest BCUT2D eigenvalue weighted by Gasteiger charge is -2.08. The van der Waals surface area contributed by atoms with Crippen LogP contribution < -0.4 is 10.5 Å². The Labute approximate surface area is 116 Å². The molecule has 0 amide bonds. The zero-order valence-electron chi connectivity index (χ0n) is 10.3. The lowest BCUT2D eigenvalue weighted by atomic mass is 10.3. The van der Waals surface area contributed by atoms with Crippen molar-refractivity contribution in [3.05, 3.63) is 23.2 Å². The molecule has 0 saturated carbocycles. The first-order valence-electron chi connectivity index (χ1n) is 5.57. The average molecular weight is 307 g/mol. The molecule has 0 aliphatic rings.